The van der Waals surface area contributed by atoms with Gasteiger partial charge in [-0.25, -0.2) is 12.8 Å². The Kier molecular flexibility index (Phi) is 4.79. The molecule has 7 nitrogen and oxygen atoms in total. The second-order valence-corrected chi connectivity index (χ2v) is 8.11. The molecule has 1 heterocycles. The van der Waals surface area contributed by atoms with Crippen molar-refractivity contribution < 1.29 is 27.2 Å². The van der Waals surface area contributed by atoms with Crippen LogP contribution in [0.25, 0.3) is 0 Å². The summed E-state index contributed by atoms with van der Waals surface area (Å²) in [5.41, 5.74) is 0.716. The Morgan fingerprint density at radius 1 is 1.04 bits per heavy atom. The van der Waals surface area contributed by atoms with Gasteiger partial charge in [0.1, 0.15) is 5.82 Å². The molecule has 0 atom stereocenters. The normalized spacial score (nSPS) is 13.6. The summed E-state index contributed by atoms with van der Waals surface area (Å²) in [5, 5.41) is 2.51. The Bertz CT molecular complexity index is 1050. The lowest BCUT2D eigenvalue weighted by Crippen LogP contribution is -2.24. The van der Waals surface area contributed by atoms with Gasteiger partial charge in [-0.05, 0) is 42.5 Å². The molecule has 0 aliphatic carbocycles. The summed E-state index contributed by atoms with van der Waals surface area (Å²) in [6, 6.07) is 8.63. The van der Waals surface area contributed by atoms with Crippen LogP contribution in [0.5, 0.6) is 0 Å². The quantitative estimate of drug-likeness (QED) is 0.620. The molecular weight excluding hydrogens is 375 g/mol. The van der Waals surface area contributed by atoms with Crippen molar-refractivity contribution in [2.24, 2.45) is 0 Å². The van der Waals surface area contributed by atoms with E-state index in [0.29, 0.717) is 0 Å². The maximum absolute atomic E-state index is 12.9. The molecule has 1 aliphatic heterocycles. The molecule has 27 heavy (non-hydrogen) atoms. The number of fused-ring (bicyclic) bond motifs is 1. The van der Waals surface area contributed by atoms with E-state index >= 15 is 0 Å². The van der Waals surface area contributed by atoms with Gasteiger partial charge in [-0.2, -0.15) is 0 Å². The van der Waals surface area contributed by atoms with E-state index in [0.717, 1.165) is 29.2 Å². The topological polar surface area (TPSA) is 101 Å². The number of halogens is 1. The first-order valence-corrected chi connectivity index (χ1v) is 9.59. The first kappa shape index (κ1) is 18.7. The molecule has 0 radical (unpaired) electrons. The van der Waals surface area contributed by atoms with Gasteiger partial charge in [0.15, 0.2) is 9.84 Å². The molecular formula is C18H15FN2O5S. The number of hydrogen-bond acceptors (Lipinski definition) is 5. The molecule has 1 aliphatic rings. The third-order valence-electron chi connectivity index (χ3n) is 4.14. The monoisotopic (exact) mass is 390 g/mol. The first-order chi connectivity index (χ1) is 12.7. The summed E-state index contributed by atoms with van der Waals surface area (Å²) in [5.74, 6) is -2.45. The predicted molar refractivity (Wildman–Crippen MR) is 94.6 cm³/mol. The number of nitrogens with one attached hydrogen (secondary N) is 1. The largest absolute Gasteiger partial charge is 0.326 e. The number of imide groups is 1. The zero-order valence-corrected chi connectivity index (χ0v) is 15.0. The molecule has 140 valence electrons. The number of hydrogen-bond donors (Lipinski definition) is 1. The highest BCUT2D eigenvalue weighted by molar-refractivity contribution is 7.91. The van der Waals surface area contributed by atoms with Gasteiger partial charge >= 0.3 is 0 Å². The van der Waals surface area contributed by atoms with Crippen LogP contribution >= 0.6 is 0 Å². The third kappa shape index (κ3) is 3.72. The van der Waals surface area contributed by atoms with Crippen LogP contribution in [0.1, 0.15) is 27.1 Å². The van der Waals surface area contributed by atoms with Crippen molar-refractivity contribution in [3.05, 3.63) is 59.4 Å². The zero-order valence-electron chi connectivity index (χ0n) is 14.2. The Morgan fingerprint density at radius 2 is 1.67 bits per heavy atom. The van der Waals surface area contributed by atoms with Gasteiger partial charge in [0.05, 0.1) is 21.8 Å². The summed E-state index contributed by atoms with van der Waals surface area (Å²) in [7, 11) is -2.37. The van der Waals surface area contributed by atoms with E-state index in [-0.39, 0.29) is 28.1 Å². The van der Waals surface area contributed by atoms with Gasteiger partial charge in [-0.1, -0.05) is 0 Å². The minimum atomic E-state index is -3.73. The molecule has 3 amide bonds. The Hall–Kier alpha value is -3.07. The van der Waals surface area contributed by atoms with Crippen LogP contribution in [0, 0.1) is 5.82 Å². The fourth-order valence-electron chi connectivity index (χ4n) is 2.65. The van der Waals surface area contributed by atoms with Gasteiger partial charge < -0.3 is 5.32 Å². The molecule has 0 saturated carbocycles. The van der Waals surface area contributed by atoms with Crippen LogP contribution in [-0.2, 0) is 14.6 Å². The lowest BCUT2D eigenvalue weighted by molar-refractivity contribution is -0.115. The molecule has 9 heteroatoms. The van der Waals surface area contributed by atoms with E-state index in [1.807, 2.05) is 0 Å². The number of amides is 3. The number of rotatable bonds is 5. The molecule has 0 bridgehead atoms. The highest BCUT2D eigenvalue weighted by atomic mass is 32.2. The Balaban J connectivity index is 1.66. The summed E-state index contributed by atoms with van der Waals surface area (Å²) in [6.45, 7) is 0. The van der Waals surface area contributed by atoms with Crippen LogP contribution < -0.4 is 5.32 Å². The van der Waals surface area contributed by atoms with Crippen molar-refractivity contribution in [2.75, 3.05) is 18.1 Å². The van der Waals surface area contributed by atoms with Crippen molar-refractivity contribution >= 4 is 33.2 Å². The summed E-state index contributed by atoms with van der Waals surface area (Å²) in [6.07, 6.45) is -0.316. The van der Waals surface area contributed by atoms with E-state index in [1.54, 1.807) is 0 Å². The summed E-state index contributed by atoms with van der Waals surface area (Å²) in [4.78, 5) is 36.8. The van der Waals surface area contributed by atoms with Crippen molar-refractivity contribution in [1.29, 1.82) is 0 Å². The van der Waals surface area contributed by atoms with Gasteiger partial charge in [-0.3, -0.25) is 19.3 Å². The van der Waals surface area contributed by atoms with Crippen LogP contribution in [-0.4, -0.2) is 43.8 Å². The number of nitrogens with zero attached hydrogens (tertiary/aromatic N) is 1. The molecule has 0 unspecified atom stereocenters. The van der Waals surface area contributed by atoms with Crippen LogP contribution in [0.3, 0.4) is 0 Å². The average molecular weight is 390 g/mol. The number of carbonyl (C=O) groups is 3. The summed E-state index contributed by atoms with van der Waals surface area (Å²) >= 11 is 0. The fraction of sp³-hybridized carbons (Fsp3) is 0.167. The van der Waals surface area contributed by atoms with Crippen LogP contribution in [0.15, 0.2) is 47.4 Å². The SMILES string of the molecule is CN1C(=O)c2ccc(NC(=O)CCS(=O)(=O)c3ccc(F)cc3)cc2C1=O. The summed E-state index contributed by atoms with van der Waals surface area (Å²) < 4.78 is 37.3. The second-order valence-electron chi connectivity index (χ2n) is 6.00. The predicted octanol–water partition coefficient (Wildman–Crippen LogP) is 1.85. The Labute approximate surface area is 154 Å². The smallest absolute Gasteiger partial charge is 0.261 e. The molecule has 2 aromatic rings. The minimum absolute atomic E-state index is 0.0682. The molecule has 3 rings (SSSR count). The van der Waals surface area contributed by atoms with Crippen molar-refractivity contribution in [3.63, 3.8) is 0 Å². The van der Waals surface area contributed by atoms with E-state index in [4.69, 9.17) is 0 Å². The molecule has 0 spiro atoms. The average Bonchev–Trinajstić information content (AvgIpc) is 2.85. The minimum Gasteiger partial charge on any atom is -0.326 e. The maximum atomic E-state index is 12.9. The third-order valence-corrected chi connectivity index (χ3v) is 5.88. The van der Waals surface area contributed by atoms with Gasteiger partial charge in [-0.15, -0.1) is 0 Å². The number of anilines is 1. The van der Waals surface area contributed by atoms with E-state index in [2.05, 4.69) is 5.32 Å². The van der Waals surface area contributed by atoms with E-state index in [9.17, 15) is 27.2 Å². The van der Waals surface area contributed by atoms with Gasteiger partial charge in [0.2, 0.25) is 5.91 Å². The molecule has 1 N–H and O–H groups in total. The number of sulfone groups is 1. The standard InChI is InChI=1S/C18H15FN2O5S/c1-21-17(23)14-7-4-12(10-15(14)18(21)24)20-16(22)8-9-27(25,26)13-5-2-11(19)3-6-13/h2-7,10H,8-9H2,1H3,(H,20,22). The van der Waals surface area contributed by atoms with E-state index < -0.39 is 39.1 Å². The van der Waals surface area contributed by atoms with Gasteiger partial charge in [0, 0.05) is 19.2 Å². The van der Waals surface area contributed by atoms with Crippen LogP contribution in [0.2, 0.25) is 0 Å². The van der Waals surface area contributed by atoms with Gasteiger partial charge in [0.25, 0.3) is 11.8 Å². The molecule has 0 saturated heterocycles. The highest BCUT2D eigenvalue weighted by Gasteiger charge is 2.32. The Morgan fingerprint density at radius 3 is 2.33 bits per heavy atom. The second kappa shape index (κ2) is 6.92. The van der Waals surface area contributed by atoms with Crippen molar-refractivity contribution in [2.45, 2.75) is 11.3 Å². The number of benzene rings is 2. The molecule has 0 aromatic heterocycles. The molecule has 0 fully saturated rings. The highest BCUT2D eigenvalue weighted by Crippen LogP contribution is 2.25. The van der Waals surface area contributed by atoms with Crippen molar-refractivity contribution in [1.82, 2.24) is 4.90 Å². The fourth-order valence-corrected chi connectivity index (χ4v) is 3.89. The lowest BCUT2D eigenvalue weighted by atomic mass is 10.1. The molecule has 2 aromatic carbocycles. The maximum Gasteiger partial charge on any atom is 0.261 e. The number of carbonyl (C=O) groups excluding carboxylic acids is 3. The first-order valence-electron chi connectivity index (χ1n) is 7.93. The van der Waals surface area contributed by atoms with Crippen LogP contribution in [0.4, 0.5) is 10.1 Å². The zero-order chi connectivity index (χ0) is 19.8. The van der Waals surface area contributed by atoms with Crippen molar-refractivity contribution in [3.8, 4) is 0 Å². The lowest BCUT2D eigenvalue weighted by Gasteiger charge is -2.07. The van der Waals surface area contributed by atoms with E-state index in [1.165, 1.54) is 25.2 Å².